The van der Waals surface area contributed by atoms with Gasteiger partial charge in [0.2, 0.25) is 0 Å². The molecular formula is C18H21ClN2O2. The molecule has 0 bridgehead atoms. The van der Waals surface area contributed by atoms with E-state index in [1.165, 1.54) is 5.56 Å². The summed E-state index contributed by atoms with van der Waals surface area (Å²) in [6.07, 6.45) is 0.901. The molecule has 0 aromatic heterocycles. The SMILES string of the molecule is NC[C@H](CC(=O)O)c1ccc(Cl)c(NCCc2ccccc2)c1. The van der Waals surface area contributed by atoms with Gasteiger partial charge in [-0.25, -0.2) is 0 Å². The number of carboxylic acid groups (broad SMARTS) is 1. The van der Waals surface area contributed by atoms with E-state index < -0.39 is 5.97 Å². The zero-order valence-electron chi connectivity index (χ0n) is 12.8. The molecule has 0 aliphatic heterocycles. The third kappa shape index (κ3) is 5.27. The van der Waals surface area contributed by atoms with Crippen molar-refractivity contribution in [3.8, 4) is 0 Å². The summed E-state index contributed by atoms with van der Waals surface area (Å²) < 4.78 is 0. The molecule has 0 saturated heterocycles. The smallest absolute Gasteiger partial charge is 0.304 e. The predicted octanol–water partition coefficient (Wildman–Crippen LogP) is 3.51. The molecule has 1 atom stereocenters. The Morgan fingerprint density at radius 2 is 1.96 bits per heavy atom. The maximum absolute atomic E-state index is 10.9. The molecule has 2 aromatic rings. The molecule has 0 aliphatic rings. The van der Waals surface area contributed by atoms with Gasteiger partial charge in [-0.1, -0.05) is 48.0 Å². The van der Waals surface area contributed by atoms with Gasteiger partial charge in [-0.15, -0.1) is 0 Å². The van der Waals surface area contributed by atoms with Gasteiger partial charge in [-0.3, -0.25) is 4.79 Å². The number of nitrogens with one attached hydrogen (secondary N) is 1. The first-order valence-electron chi connectivity index (χ1n) is 7.59. The van der Waals surface area contributed by atoms with E-state index >= 15 is 0 Å². The second kappa shape index (κ2) is 8.56. The summed E-state index contributed by atoms with van der Waals surface area (Å²) in [6, 6.07) is 15.7. The lowest BCUT2D eigenvalue weighted by atomic mass is 9.95. The van der Waals surface area contributed by atoms with Crippen molar-refractivity contribution in [1.29, 1.82) is 0 Å². The molecule has 122 valence electrons. The minimum atomic E-state index is -0.853. The Kier molecular flexibility index (Phi) is 6.44. The number of anilines is 1. The second-order valence-corrected chi connectivity index (χ2v) is 5.84. The van der Waals surface area contributed by atoms with Gasteiger partial charge in [-0.05, 0) is 36.2 Å². The molecule has 0 fully saturated rings. The van der Waals surface area contributed by atoms with Crippen LogP contribution in [0.4, 0.5) is 5.69 Å². The molecule has 2 rings (SSSR count). The van der Waals surface area contributed by atoms with Gasteiger partial charge in [0, 0.05) is 12.5 Å². The van der Waals surface area contributed by atoms with Crippen molar-refractivity contribution < 1.29 is 9.90 Å². The van der Waals surface area contributed by atoms with Crippen molar-refractivity contribution in [2.75, 3.05) is 18.4 Å². The van der Waals surface area contributed by atoms with E-state index in [-0.39, 0.29) is 18.9 Å². The average molecular weight is 333 g/mol. The number of halogens is 1. The summed E-state index contributed by atoms with van der Waals surface area (Å²) in [4.78, 5) is 10.9. The number of carboxylic acids is 1. The molecule has 0 radical (unpaired) electrons. The van der Waals surface area contributed by atoms with Crippen molar-refractivity contribution in [2.45, 2.75) is 18.8 Å². The number of benzene rings is 2. The van der Waals surface area contributed by atoms with E-state index in [1.807, 2.05) is 30.3 Å². The number of aliphatic carboxylic acids is 1. The molecule has 23 heavy (non-hydrogen) atoms. The highest BCUT2D eigenvalue weighted by molar-refractivity contribution is 6.33. The van der Waals surface area contributed by atoms with Gasteiger partial charge in [0.25, 0.3) is 0 Å². The van der Waals surface area contributed by atoms with E-state index in [4.69, 9.17) is 22.4 Å². The Balaban J connectivity index is 2.03. The van der Waals surface area contributed by atoms with Crippen LogP contribution in [0.1, 0.15) is 23.5 Å². The number of nitrogens with two attached hydrogens (primary N) is 1. The lowest BCUT2D eigenvalue weighted by molar-refractivity contribution is -0.137. The summed E-state index contributed by atoms with van der Waals surface area (Å²) in [5.41, 5.74) is 8.65. The normalized spacial score (nSPS) is 11.9. The van der Waals surface area contributed by atoms with Crippen molar-refractivity contribution in [1.82, 2.24) is 0 Å². The van der Waals surface area contributed by atoms with Crippen molar-refractivity contribution >= 4 is 23.3 Å². The van der Waals surface area contributed by atoms with Crippen LogP contribution < -0.4 is 11.1 Å². The zero-order valence-corrected chi connectivity index (χ0v) is 13.6. The first-order valence-corrected chi connectivity index (χ1v) is 7.97. The highest BCUT2D eigenvalue weighted by atomic mass is 35.5. The van der Waals surface area contributed by atoms with Crippen LogP contribution >= 0.6 is 11.6 Å². The Hall–Kier alpha value is -2.04. The minimum absolute atomic E-state index is 0.0155. The predicted molar refractivity (Wildman–Crippen MR) is 94.1 cm³/mol. The summed E-state index contributed by atoms with van der Waals surface area (Å²) in [7, 11) is 0. The lowest BCUT2D eigenvalue weighted by Gasteiger charge is -2.16. The first-order chi connectivity index (χ1) is 11.1. The molecule has 0 heterocycles. The van der Waals surface area contributed by atoms with E-state index in [0.717, 1.165) is 24.2 Å². The quantitative estimate of drug-likeness (QED) is 0.691. The van der Waals surface area contributed by atoms with Crippen LogP contribution in [0.25, 0.3) is 0 Å². The second-order valence-electron chi connectivity index (χ2n) is 5.43. The van der Waals surface area contributed by atoms with Crippen molar-refractivity contribution in [3.05, 3.63) is 64.7 Å². The molecule has 0 aliphatic carbocycles. The van der Waals surface area contributed by atoms with E-state index in [1.54, 1.807) is 6.07 Å². The zero-order chi connectivity index (χ0) is 16.7. The Labute approximate surface area is 141 Å². The van der Waals surface area contributed by atoms with Crippen LogP contribution in [0.2, 0.25) is 5.02 Å². The van der Waals surface area contributed by atoms with E-state index in [2.05, 4.69) is 17.4 Å². The molecule has 0 saturated carbocycles. The Bertz CT molecular complexity index is 647. The highest BCUT2D eigenvalue weighted by Crippen LogP contribution is 2.28. The molecule has 5 heteroatoms. The summed E-state index contributed by atoms with van der Waals surface area (Å²) in [5.74, 6) is -1.06. The first kappa shape index (κ1) is 17.3. The highest BCUT2D eigenvalue weighted by Gasteiger charge is 2.15. The summed E-state index contributed by atoms with van der Waals surface area (Å²) in [5, 5.41) is 12.9. The van der Waals surface area contributed by atoms with Crippen LogP contribution in [0, 0.1) is 0 Å². The van der Waals surface area contributed by atoms with Crippen LogP contribution in [-0.2, 0) is 11.2 Å². The molecule has 4 nitrogen and oxygen atoms in total. The largest absolute Gasteiger partial charge is 0.481 e. The summed E-state index contributed by atoms with van der Waals surface area (Å²) in [6.45, 7) is 1.04. The van der Waals surface area contributed by atoms with Crippen molar-refractivity contribution in [3.63, 3.8) is 0 Å². The maximum Gasteiger partial charge on any atom is 0.304 e. The van der Waals surface area contributed by atoms with Gasteiger partial charge >= 0.3 is 5.97 Å². The van der Waals surface area contributed by atoms with Crippen molar-refractivity contribution in [2.24, 2.45) is 5.73 Å². The lowest BCUT2D eigenvalue weighted by Crippen LogP contribution is -2.16. The number of hydrogen-bond acceptors (Lipinski definition) is 3. The molecule has 2 aromatic carbocycles. The van der Waals surface area contributed by atoms with Crippen LogP contribution in [-0.4, -0.2) is 24.2 Å². The molecule has 0 spiro atoms. The number of carbonyl (C=O) groups is 1. The standard InChI is InChI=1S/C18H21ClN2O2/c19-16-7-6-14(15(12-20)11-18(22)23)10-17(16)21-9-8-13-4-2-1-3-5-13/h1-7,10,15,21H,8-9,11-12,20H2,(H,22,23)/t15-/m0/s1. The van der Waals surface area contributed by atoms with Gasteiger partial charge in [-0.2, -0.15) is 0 Å². The van der Waals surface area contributed by atoms with Crippen LogP contribution in [0.15, 0.2) is 48.5 Å². The molecular weight excluding hydrogens is 312 g/mol. The van der Waals surface area contributed by atoms with Gasteiger partial charge in [0.1, 0.15) is 0 Å². The van der Waals surface area contributed by atoms with Gasteiger partial charge < -0.3 is 16.2 Å². The Morgan fingerprint density at radius 1 is 1.22 bits per heavy atom. The van der Waals surface area contributed by atoms with Crippen LogP contribution in [0.3, 0.4) is 0 Å². The van der Waals surface area contributed by atoms with Crippen LogP contribution in [0.5, 0.6) is 0 Å². The monoisotopic (exact) mass is 332 g/mol. The number of rotatable bonds is 8. The minimum Gasteiger partial charge on any atom is -0.481 e. The fourth-order valence-electron chi connectivity index (χ4n) is 2.47. The fourth-order valence-corrected chi connectivity index (χ4v) is 2.65. The third-order valence-corrected chi connectivity index (χ3v) is 4.07. The number of hydrogen-bond donors (Lipinski definition) is 3. The Morgan fingerprint density at radius 3 is 2.61 bits per heavy atom. The van der Waals surface area contributed by atoms with E-state index in [0.29, 0.717) is 5.02 Å². The third-order valence-electron chi connectivity index (χ3n) is 3.74. The topological polar surface area (TPSA) is 75.4 Å². The van der Waals surface area contributed by atoms with Gasteiger partial charge in [0.05, 0.1) is 17.1 Å². The molecule has 0 amide bonds. The summed E-state index contributed by atoms with van der Waals surface area (Å²) >= 11 is 6.22. The maximum atomic E-state index is 10.9. The average Bonchev–Trinajstić information content (AvgIpc) is 2.55. The fraction of sp³-hybridized carbons (Fsp3) is 0.278. The van der Waals surface area contributed by atoms with Gasteiger partial charge in [0.15, 0.2) is 0 Å². The molecule has 4 N–H and O–H groups in total. The molecule has 0 unspecified atom stereocenters. The van der Waals surface area contributed by atoms with E-state index in [9.17, 15) is 4.79 Å².